The average Bonchev–Trinajstić information content (AvgIpc) is 2.92. The summed E-state index contributed by atoms with van der Waals surface area (Å²) >= 11 is 1.07. The van der Waals surface area contributed by atoms with Gasteiger partial charge in [-0.15, -0.1) is 11.3 Å². The van der Waals surface area contributed by atoms with Crippen molar-refractivity contribution in [2.75, 3.05) is 5.32 Å². The lowest BCUT2D eigenvalue weighted by Crippen LogP contribution is -2.10. The SMILES string of the molecule is CC(Nc1c(F)cc(C#N)cc1F)c1nc(C(=O)O)cs1. The highest BCUT2D eigenvalue weighted by Crippen LogP contribution is 2.27. The summed E-state index contributed by atoms with van der Waals surface area (Å²) in [5.41, 5.74) is -0.622. The summed E-state index contributed by atoms with van der Waals surface area (Å²) in [6, 6.07) is 2.91. The van der Waals surface area contributed by atoms with Crippen molar-refractivity contribution in [3.63, 3.8) is 0 Å². The Balaban J connectivity index is 2.25. The number of aromatic carboxylic acids is 1. The fourth-order valence-corrected chi connectivity index (χ4v) is 2.44. The lowest BCUT2D eigenvalue weighted by Gasteiger charge is -2.14. The van der Waals surface area contributed by atoms with Crippen molar-refractivity contribution in [1.82, 2.24) is 4.98 Å². The second-order valence-electron chi connectivity index (χ2n) is 4.17. The van der Waals surface area contributed by atoms with E-state index in [1.807, 2.05) is 0 Å². The standard InChI is InChI=1S/C13H9F2N3O2S/c1-6(12-18-10(5-21-12)13(19)20)17-11-8(14)2-7(4-16)3-9(11)15/h2-3,5-6,17H,1H3,(H,19,20). The summed E-state index contributed by atoms with van der Waals surface area (Å²) in [6.07, 6.45) is 0. The van der Waals surface area contributed by atoms with Crippen LogP contribution in [0.5, 0.6) is 0 Å². The van der Waals surface area contributed by atoms with Crippen molar-refractivity contribution in [3.8, 4) is 6.07 Å². The first-order valence-corrected chi connectivity index (χ1v) is 6.64. The molecule has 0 spiro atoms. The summed E-state index contributed by atoms with van der Waals surface area (Å²) in [5.74, 6) is -2.96. The molecule has 21 heavy (non-hydrogen) atoms. The molecule has 0 amide bonds. The molecule has 2 aromatic rings. The summed E-state index contributed by atoms with van der Waals surface area (Å²) < 4.78 is 27.5. The van der Waals surface area contributed by atoms with E-state index in [0.29, 0.717) is 5.01 Å². The third-order valence-electron chi connectivity index (χ3n) is 2.64. The highest BCUT2D eigenvalue weighted by atomic mass is 32.1. The number of carboxylic acids is 1. The molecule has 1 unspecified atom stereocenters. The van der Waals surface area contributed by atoms with Gasteiger partial charge in [0.2, 0.25) is 0 Å². The van der Waals surface area contributed by atoms with Crippen LogP contribution >= 0.6 is 11.3 Å². The van der Waals surface area contributed by atoms with Crippen LogP contribution < -0.4 is 5.32 Å². The number of carbonyl (C=O) groups is 1. The van der Waals surface area contributed by atoms with Gasteiger partial charge < -0.3 is 10.4 Å². The number of aromatic nitrogens is 1. The molecule has 5 nitrogen and oxygen atoms in total. The molecule has 1 atom stereocenters. The maximum Gasteiger partial charge on any atom is 0.355 e. The molecule has 2 rings (SSSR count). The molecular formula is C13H9F2N3O2S. The minimum absolute atomic E-state index is 0.120. The maximum atomic E-state index is 13.7. The maximum absolute atomic E-state index is 13.7. The van der Waals surface area contributed by atoms with Gasteiger partial charge in [-0.3, -0.25) is 0 Å². The van der Waals surface area contributed by atoms with E-state index in [1.54, 1.807) is 13.0 Å². The largest absolute Gasteiger partial charge is 0.476 e. The summed E-state index contributed by atoms with van der Waals surface area (Å²) in [5, 5.41) is 21.7. The molecule has 0 aliphatic rings. The number of benzene rings is 1. The van der Waals surface area contributed by atoms with Crippen LogP contribution in [-0.4, -0.2) is 16.1 Å². The van der Waals surface area contributed by atoms with Crippen molar-refractivity contribution >= 4 is 23.0 Å². The number of nitriles is 1. The topological polar surface area (TPSA) is 86.0 Å². The Kier molecular flexibility index (Phi) is 4.14. The van der Waals surface area contributed by atoms with Gasteiger partial charge in [0.05, 0.1) is 17.7 Å². The smallest absolute Gasteiger partial charge is 0.355 e. The molecule has 2 N–H and O–H groups in total. The van der Waals surface area contributed by atoms with Gasteiger partial charge in [0.25, 0.3) is 0 Å². The van der Waals surface area contributed by atoms with Crippen molar-refractivity contribution in [1.29, 1.82) is 5.26 Å². The molecule has 0 radical (unpaired) electrons. The minimum Gasteiger partial charge on any atom is -0.476 e. The molecule has 108 valence electrons. The van der Waals surface area contributed by atoms with E-state index in [9.17, 15) is 13.6 Å². The molecule has 0 aliphatic carbocycles. The van der Waals surface area contributed by atoms with Crippen molar-refractivity contribution in [3.05, 3.63) is 45.4 Å². The quantitative estimate of drug-likeness (QED) is 0.906. The molecule has 1 heterocycles. The van der Waals surface area contributed by atoms with Crippen molar-refractivity contribution in [2.45, 2.75) is 13.0 Å². The predicted molar refractivity (Wildman–Crippen MR) is 72.2 cm³/mol. The summed E-state index contributed by atoms with van der Waals surface area (Å²) in [6.45, 7) is 1.60. The Morgan fingerprint density at radius 3 is 2.57 bits per heavy atom. The second kappa shape index (κ2) is 5.85. The second-order valence-corrected chi connectivity index (χ2v) is 5.06. The van der Waals surface area contributed by atoms with Gasteiger partial charge in [0, 0.05) is 5.38 Å². The lowest BCUT2D eigenvalue weighted by molar-refractivity contribution is 0.0691. The van der Waals surface area contributed by atoms with E-state index in [1.165, 1.54) is 5.38 Å². The van der Waals surface area contributed by atoms with E-state index in [0.717, 1.165) is 23.5 Å². The van der Waals surface area contributed by atoms with Crippen LogP contribution in [0.4, 0.5) is 14.5 Å². The molecule has 1 aromatic carbocycles. The van der Waals surface area contributed by atoms with Crippen LogP contribution in [0.3, 0.4) is 0 Å². The fraction of sp³-hybridized carbons (Fsp3) is 0.154. The van der Waals surface area contributed by atoms with Crippen LogP contribution in [-0.2, 0) is 0 Å². The van der Waals surface area contributed by atoms with Crippen LogP contribution in [0.25, 0.3) is 0 Å². The van der Waals surface area contributed by atoms with E-state index in [4.69, 9.17) is 10.4 Å². The number of hydrogen-bond donors (Lipinski definition) is 2. The van der Waals surface area contributed by atoms with Crippen LogP contribution in [0, 0.1) is 23.0 Å². The molecule has 8 heteroatoms. The molecule has 0 aliphatic heterocycles. The summed E-state index contributed by atoms with van der Waals surface area (Å²) in [4.78, 5) is 14.6. The van der Waals surface area contributed by atoms with Gasteiger partial charge >= 0.3 is 5.97 Å². The first-order valence-electron chi connectivity index (χ1n) is 5.76. The monoisotopic (exact) mass is 309 g/mol. The highest BCUT2D eigenvalue weighted by Gasteiger charge is 2.18. The van der Waals surface area contributed by atoms with E-state index >= 15 is 0 Å². The van der Waals surface area contributed by atoms with Gasteiger partial charge in [-0.25, -0.2) is 18.6 Å². The van der Waals surface area contributed by atoms with E-state index < -0.39 is 23.6 Å². The number of anilines is 1. The predicted octanol–water partition coefficient (Wildman–Crippen LogP) is 3.16. The van der Waals surface area contributed by atoms with Crippen LogP contribution in [0.1, 0.15) is 34.0 Å². The zero-order valence-corrected chi connectivity index (χ0v) is 11.5. The van der Waals surface area contributed by atoms with Crippen LogP contribution in [0.2, 0.25) is 0 Å². The van der Waals surface area contributed by atoms with Crippen molar-refractivity contribution in [2.24, 2.45) is 0 Å². The average molecular weight is 309 g/mol. The minimum atomic E-state index is -1.17. The third kappa shape index (κ3) is 3.14. The van der Waals surface area contributed by atoms with Crippen LogP contribution in [0.15, 0.2) is 17.5 Å². The van der Waals surface area contributed by atoms with Gasteiger partial charge in [-0.1, -0.05) is 0 Å². The van der Waals surface area contributed by atoms with Gasteiger partial charge in [0.1, 0.15) is 10.7 Å². The van der Waals surface area contributed by atoms with Gasteiger partial charge in [-0.2, -0.15) is 5.26 Å². The van der Waals surface area contributed by atoms with E-state index in [2.05, 4.69) is 10.3 Å². The number of carboxylic acid groups (broad SMARTS) is 1. The normalized spacial score (nSPS) is 11.7. The zero-order chi connectivity index (χ0) is 15.6. The first-order chi connectivity index (χ1) is 9.92. The number of nitrogens with zero attached hydrogens (tertiary/aromatic N) is 2. The number of nitrogens with one attached hydrogen (secondary N) is 1. The molecule has 1 aromatic heterocycles. The number of halogens is 2. The van der Waals surface area contributed by atoms with Crippen molar-refractivity contribution < 1.29 is 18.7 Å². The Morgan fingerprint density at radius 1 is 1.48 bits per heavy atom. The molecule has 0 fully saturated rings. The molecule has 0 saturated carbocycles. The fourth-order valence-electron chi connectivity index (χ4n) is 1.64. The third-order valence-corrected chi connectivity index (χ3v) is 3.67. The number of thiazole rings is 1. The van der Waals surface area contributed by atoms with E-state index in [-0.39, 0.29) is 16.9 Å². The van der Waals surface area contributed by atoms with Gasteiger partial charge in [0.15, 0.2) is 17.3 Å². The molecule has 0 bridgehead atoms. The Hall–Kier alpha value is -2.53. The highest BCUT2D eigenvalue weighted by molar-refractivity contribution is 7.09. The summed E-state index contributed by atoms with van der Waals surface area (Å²) in [7, 11) is 0. The Morgan fingerprint density at radius 2 is 2.10 bits per heavy atom. The van der Waals surface area contributed by atoms with Gasteiger partial charge in [-0.05, 0) is 19.1 Å². The zero-order valence-electron chi connectivity index (χ0n) is 10.7. The Bertz CT molecular complexity index is 716. The Labute approximate surface area is 122 Å². The first kappa shape index (κ1) is 14.9. The number of rotatable bonds is 4. The lowest BCUT2D eigenvalue weighted by atomic mass is 10.2. The molecule has 0 saturated heterocycles. The molecular weight excluding hydrogens is 300 g/mol. The number of hydrogen-bond acceptors (Lipinski definition) is 5.